The average Bonchev–Trinajstić information content (AvgIpc) is 3.08. The van der Waals surface area contributed by atoms with Crippen molar-refractivity contribution in [2.75, 3.05) is 45.3 Å². The lowest BCUT2D eigenvalue weighted by Crippen LogP contribution is -2.35. The van der Waals surface area contributed by atoms with Gasteiger partial charge in [0.25, 0.3) is 5.91 Å². The summed E-state index contributed by atoms with van der Waals surface area (Å²) in [4.78, 5) is 20.6. The molecule has 3 heterocycles. The first-order valence-electron chi connectivity index (χ1n) is 8.41. The van der Waals surface area contributed by atoms with Crippen molar-refractivity contribution >= 4 is 11.6 Å². The average molecular weight is 344 g/mol. The fraction of sp³-hybridized carbons (Fsp3) is 0.444. The summed E-state index contributed by atoms with van der Waals surface area (Å²) in [5.74, 6) is 1.43. The Morgan fingerprint density at radius 1 is 1.24 bits per heavy atom. The number of aromatic nitrogens is 1. The van der Waals surface area contributed by atoms with Crippen molar-refractivity contribution in [3.8, 4) is 0 Å². The second-order valence-corrected chi connectivity index (χ2v) is 6.23. The third-order valence-electron chi connectivity index (χ3n) is 4.12. The topological polar surface area (TPSA) is 70.8 Å². The second-order valence-electron chi connectivity index (χ2n) is 6.23. The van der Waals surface area contributed by atoms with Crippen molar-refractivity contribution in [1.82, 2.24) is 15.2 Å². The van der Waals surface area contributed by atoms with Crippen molar-refractivity contribution in [2.45, 2.75) is 13.1 Å². The van der Waals surface area contributed by atoms with E-state index in [-0.39, 0.29) is 5.91 Å². The minimum atomic E-state index is -0.213. The van der Waals surface area contributed by atoms with Gasteiger partial charge in [-0.3, -0.25) is 14.7 Å². The van der Waals surface area contributed by atoms with Crippen LogP contribution in [0.4, 0.5) is 5.69 Å². The fourth-order valence-corrected chi connectivity index (χ4v) is 2.66. The summed E-state index contributed by atoms with van der Waals surface area (Å²) in [5.41, 5.74) is 1.33. The molecule has 7 heteroatoms. The van der Waals surface area contributed by atoms with E-state index in [1.54, 1.807) is 12.3 Å². The van der Waals surface area contributed by atoms with Crippen LogP contribution >= 0.6 is 0 Å². The molecule has 0 saturated carbocycles. The van der Waals surface area contributed by atoms with Crippen molar-refractivity contribution in [3.05, 3.63) is 47.7 Å². The summed E-state index contributed by atoms with van der Waals surface area (Å²) in [6.45, 7) is 4.48. The Kier molecular flexibility index (Phi) is 5.67. The molecule has 1 aliphatic rings. The number of hydrogen-bond acceptors (Lipinski definition) is 6. The summed E-state index contributed by atoms with van der Waals surface area (Å²) in [6.07, 6.45) is 1.64. The number of carbonyl (C=O) groups excluding carboxylic acids is 1. The van der Waals surface area contributed by atoms with Gasteiger partial charge in [0.1, 0.15) is 17.2 Å². The van der Waals surface area contributed by atoms with Crippen LogP contribution in [0.2, 0.25) is 0 Å². The lowest BCUT2D eigenvalue weighted by atomic mass is 10.3. The van der Waals surface area contributed by atoms with Gasteiger partial charge < -0.3 is 19.4 Å². The molecule has 2 aromatic heterocycles. The molecule has 0 aromatic carbocycles. The number of anilines is 1. The van der Waals surface area contributed by atoms with Crippen LogP contribution in [-0.2, 0) is 17.8 Å². The van der Waals surface area contributed by atoms with Crippen LogP contribution in [0.15, 0.2) is 34.9 Å². The van der Waals surface area contributed by atoms with Crippen LogP contribution < -0.4 is 10.2 Å². The number of carbonyl (C=O) groups is 1. The largest absolute Gasteiger partial charge is 0.463 e. The predicted octanol–water partition coefficient (Wildman–Crippen LogP) is 1.50. The zero-order valence-corrected chi connectivity index (χ0v) is 14.7. The SMILES string of the molecule is CN(C)c1ccnc(C(=O)NCc2ccc(CN3CCOCC3)o2)c1. The molecule has 134 valence electrons. The van der Waals surface area contributed by atoms with E-state index in [4.69, 9.17) is 9.15 Å². The van der Waals surface area contributed by atoms with E-state index >= 15 is 0 Å². The summed E-state index contributed by atoms with van der Waals surface area (Å²) in [6, 6.07) is 7.49. The standard InChI is InChI=1S/C18H24N4O3/c1-21(2)14-5-6-19-17(11-14)18(23)20-12-15-3-4-16(25-15)13-22-7-9-24-10-8-22/h3-6,11H,7-10,12-13H2,1-2H3,(H,20,23). The minimum Gasteiger partial charge on any atom is -0.463 e. The third-order valence-corrected chi connectivity index (χ3v) is 4.12. The number of ether oxygens (including phenoxy) is 1. The van der Waals surface area contributed by atoms with Crippen LogP contribution in [0.5, 0.6) is 0 Å². The normalized spacial score (nSPS) is 15.1. The maximum absolute atomic E-state index is 12.3. The summed E-state index contributed by atoms with van der Waals surface area (Å²) >= 11 is 0. The molecule has 0 aliphatic carbocycles. The number of nitrogens with one attached hydrogen (secondary N) is 1. The molecule has 1 fully saturated rings. The zero-order chi connectivity index (χ0) is 17.6. The summed E-state index contributed by atoms with van der Waals surface area (Å²) < 4.78 is 11.2. The number of rotatable bonds is 6. The Labute approximate surface area is 147 Å². The quantitative estimate of drug-likeness (QED) is 0.856. The monoisotopic (exact) mass is 344 g/mol. The Morgan fingerprint density at radius 3 is 2.76 bits per heavy atom. The number of nitrogens with zero attached hydrogens (tertiary/aromatic N) is 3. The predicted molar refractivity (Wildman–Crippen MR) is 94.5 cm³/mol. The second kappa shape index (κ2) is 8.13. The van der Waals surface area contributed by atoms with Gasteiger partial charge in [-0.05, 0) is 24.3 Å². The first-order valence-corrected chi connectivity index (χ1v) is 8.41. The van der Waals surface area contributed by atoms with E-state index in [0.717, 1.165) is 50.1 Å². The summed E-state index contributed by atoms with van der Waals surface area (Å²) in [7, 11) is 3.85. The minimum absolute atomic E-state index is 0.213. The molecule has 1 aliphatic heterocycles. The molecular weight excluding hydrogens is 320 g/mol. The van der Waals surface area contributed by atoms with Gasteiger partial charge in [-0.2, -0.15) is 0 Å². The van der Waals surface area contributed by atoms with E-state index in [9.17, 15) is 4.79 Å². The molecule has 0 spiro atoms. The smallest absolute Gasteiger partial charge is 0.270 e. The van der Waals surface area contributed by atoms with Crippen molar-refractivity contribution in [3.63, 3.8) is 0 Å². The third kappa shape index (κ3) is 4.80. The van der Waals surface area contributed by atoms with Gasteiger partial charge in [-0.25, -0.2) is 0 Å². The van der Waals surface area contributed by atoms with E-state index in [0.29, 0.717) is 12.2 Å². The lowest BCUT2D eigenvalue weighted by Gasteiger charge is -2.25. The number of morpholine rings is 1. The Balaban J connectivity index is 1.53. The molecule has 1 amide bonds. The molecule has 1 saturated heterocycles. The first kappa shape index (κ1) is 17.4. The van der Waals surface area contributed by atoms with E-state index in [1.807, 2.05) is 37.2 Å². The van der Waals surface area contributed by atoms with Crippen LogP contribution in [0.25, 0.3) is 0 Å². The van der Waals surface area contributed by atoms with Gasteiger partial charge in [-0.15, -0.1) is 0 Å². The number of pyridine rings is 1. The molecule has 7 nitrogen and oxygen atoms in total. The highest BCUT2D eigenvalue weighted by Gasteiger charge is 2.14. The highest BCUT2D eigenvalue weighted by molar-refractivity contribution is 5.93. The molecule has 25 heavy (non-hydrogen) atoms. The van der Waals surface area contributed by atoms with Crippen molar-refractivity contribution in [1.29, 1.82) is 0 Å². The maximum Gasteiger partial charge on any atom is 0.270 e. The van der Waals surface area contributed by atoms with Crippen LogP contribution in [0.1, 0.15) is 22.0 Å². The van der Waals surface area contributed by atoms with Crippen LogP contribution in [0.3, 0.4) is 0 Å². The number of amides is 1. The number of furan rings is 1. The molecule has 3 rings (SSSR count). The maximum atomic E-state index is 12.3. The van der Waals surface area contributed by atoms with Gasteiger partial charge in [0.2, 0.25) is 0 Å². The molecule has 2 aromatic rings. The van der Waals surface area contributed by atoms with Crippen LogP contribution in [-0.4, -0.2) is 56.2 Å². The molecular formula is C18H24N4O3. The fourth-order valence-electron chi connectivity index (χ4n) is 2.66. The van der Waals surface area contributed by atoms with Gasteiger partial charge in [-0.1, -0.05) is 0 Å². The highest BCUT2D eigenvalue weighted by atomic mass is 16.5. The van der Waals surface area contributed by atoms with E-state index in [1.165, 1.54) is 0 Å². The Bertz CT molecular complexity index is 708. The van der Waals surface area contributed by atoms with Gasteiger partial charge in [0.05, 0.1) is 26.3 Å². The number of hydrogen-bond donors (Lipinski definition) is 1. The highest BCUT2D eigenvalue weighted by Crippen LogP contribution is 2.13. The lowest BCUT2D eigenvalue weighted by molar-refractivity contribution is 0.0312. The van der Waals surface area contributed by atoms with Crippen LogP contribution in [0, 0.1) is 0 Å². The molecule has 1 N–H and O–H groups in total. The van der Waals surface area contributed by atoms with Gasteiger partial charge >= 0.3 is 0 Å². The van der Waals surface area contributed by atoms with Gasteiger partial charge in [0.15, 0.2) is 0 Å². The first-order chi connectivity index (χ1) is 12.1. The van der Waals surface area contributed by atoms with Gasteiger partial charge in [0, 0.05) is 39.1 Å². The zero-order valence-electron chi connectivity index (χ0n) is 14.7. The van der Waals surface area contributed by atoms with E-state index in [2.05, 4.69) is 15.2 Å². The Morgan fingerprint density at radius 2 is 2.00 bits per heavy atom. The molecule has 0 bridgehead atoms. The van der Waals surface area contributed by atoms with E-state index < -0.39 is 0 Å². The molecule has 0 radical (unpaired) electrons. The van der Waals surface area contributed by atoms with Crippen molar-refractivity contribution < 1.29 is 13.9 Å². The molecule has 0 unspecified atom stereocenters. The summed E-state index contributed by atoms with van der Waals surface area (Å²) in [5, 5.41) is 2.85. The Hall–Kier alpha value is -2.38. The molecule has 0 atom stereocenters. The van der Waals surface area contributed by atoms with Crippen molar-refractivity contribution in [2.24, 2.45) is 0 Å².